The molecule has 8 nitrogen and oxygen atoms in total. The number of nitrogens with one attached hydrogen (secondary N) is 1. The summed E-state index contributed by atoms with van der Waals surface area (Å²) in [6.07, 6.45) is 1.65. The quantitative estimate of drug-likeness (QED) is 0.641. The Morgan fingerprint density at radius 1 is 1.38 bits per heavy atom. The summed E-state index contributed by atoms with van der Waals surface area (Å²) >= 11 is 0. The Labute approximate surface area is 196 Å². The van der Waals surface area contributed by atoms with E-state index in [1.54, 1.807) is 36.2 Å². The Morgan fingerprint density at radius 3 is 2.74 bits per heavy atom. The van der Waals surface area contributed by atoms with Crippen LogP contribution in [0.15, 0.2) is 35.7 Å². The number of amides is 1. The van der Waals surface area contributed by atoms with Gasteiger partial charge in [0.2, 0.25) is 11.8 Å². The van der Waals surface area contributed by atoms with E-state index in [1.807, 2.05) is 6.92 Å². The minimum absolute atomic E-state index is 0.143. The summed E-state index contributed by atoms with van der Waals surface area (Å²) in [5, 5.41) is 12.5. The number of hydrogen-bond acceptors (Lipinski definition) is 7. The fourth-order valence-electron chi connectivity index (χ4n) is 4.47. The second-order valence-corrected chi connectivity index (χ2v) is 8.48. The van der Waals surface area contributed by atoms with Gasteiger partial charge in [-0.15, -0.1) is 0 Å². The highest BCUT2D eigenvalue weighted by atomic mass is 19.3. The first-order chi connectivity index (χ1) is 16.1. The number of halogens is 2. The SMILES string of the molecule is COc1cc(C#N)ccc1[C@H]1C(C(N)=O)=C(C)Nc2c(C)cnc(OCCN3CC(F)(F)C3)c21. The number of methoxy groups -OCH3 is 1. The van der Waals surface area contributed by atoms with E-state index in [1.165, 1.54) is 7.11 Å². The minimum Gasteiger partial charge on any atom is -0.496 e. The molecule has 0 spiro atoms. The lowest BCUT2D eigenvalue weighted by atomic mass is 9.79. The molecule has 1 amide bonds. The zero-order valence-electron chi connectivity index (χ0n) is 19.1. The highest BCUT2D eigenvalue weighted by molar-refractivity contribution is 5.98. The van der Waals surface area contributed by atoms with E-state index < -0.39 is 17.7 Å². The smallest absolute Gasteiger partial charge is 0.272 e. The Bertz CT molecular complexity index is 1210. The number of rotatable bonds is 7. The van der Waals surface area contributed by atoms with Crippen molar-refractivity contribution in [1.29, 1.82) is 5.26 Å². The number of carbonyl (C=O) groups excluding carboxylic acids is 1. The van der Waals surface area contributed by atoms with Crippen molar-refractivity contribution < 1.29 is 23.0 Å². The van der Waals surface area contributed by atoms with Crippen LogP contribution in [-0.4, -0.2) is 55.1 Å². The maximum absolute atomic E-state index is 13.1. The average molecular weight is 469 g/mol. The zero-order chi connectivity index (χ0) is 24.6. The molecule has 1 aromatic carbocycles. The number of aryl methyl sites for hydroxylation is 1. The topological polar surface area (TPSA) is 113 Å². The number of primary amides is 1. The Balaban J connectivity index is 1.78. The molecular formula is C24H25F2N5O3. The lowest BCUT2D eigenvalue weighted by Gasteiger charge is -2.38. The number of nitrogens with zero attached hydrogens (tertiary/aromatic N) is 3. The number of likely N-dealkylation sites (tertiary alicyclic amines) is 1. The van der Waals surface area contributed by atoms with Gasteiger partial charge in [0.15, 0.2) is 0 Å². The number of pyridine rings is 1. The number of aromatic nitrogens is 1. The van der Waals surface area contributed by atoms with Crippen molar-refractivity contribution in [2.75, 3.05) is 38.7 Å². The Morgan fingerprint density at radius 2 is 2.12 bits per heavy atom. The van der Waals surface area contributed by atoms with Gasteiger partial charge in [-0.25, -0.2) is 13.8 Å². The largest absolute Gasteiger partial charge is 0.496 e. The summed E-state index contributed by atoms with van der Waals surface area (Å²) in [5.41, 5.74) is 9.86. The van der Waals surface area contributed by atoms with Crippen molar-refractivity contribution in [3.63, 3.8) is 0 Å². The molecular weight excluding hydrogens is 444 g/mol. The second-order valence-electron chi connectivity index (χ2n) is 8.48. The summed E-state index contributed by atoms with van der Waals surface area (Å²) in [6, 6.07) is 7.04. The third kappa shape index (κ3) is 4.26. The molecule has 0 saturated carbocycles. The van der Waals surface area contributed by atoms with Crippen LogP contribution in [0.25, 0.3) is 0 Å². The van der Waals surface area contributed by atoms with Crippen LogP contribution in [0.3, 0.4) is 0 Å². The summed E-state index contributed by atoms with van der Waals surface area (Å²) in [7, 11) is 1.48. The summed E-state index contributed by atoms with van der Waals surface area (Å²) in [5.74, 6) is -3.27. The lowest BCUT2D eigenvalue weighted by molar-refractivity contribution is -0.132. The Kier molecular flexibility index (Phi) is 6.15. The molecule has 178 valence electrons. The number of hydrogen-bond donors (Lipinski definition) is 2. The highest BCUT2D eigenvalue weighted by Crippen LogP contribution is 2.48. The van der Waals surface area contributed by atoms with Crippen LogP contribution in [0.5, 0.6) is 11.6 Å². The van der Waals surface area contributed by atoms with Crippen molar-refractivity contribution in [1.82, 2.24) is 9.88 Å². The molecule has 2 aliphatic heterocycles. The maximum atomic E-state index is 13.1. The molecule has 2 aliphatic rings. The molecule has 0 aliphatic carbocycles. The third-order valence-corrected chi connectivity index (χ3v) is 6.06. The van der Waals surface area contributed by atoms with Gasteiger partial charge >= 0.3 is 0 Å². The molecule has 2 aromatic rings. The van der Waals surface area contributed by atoms with E-state index in [0.717, 1.165) is 11.3 Å². The lowest BCUT2D eigenvalue weighted by Crippen LogP contribution is -2.57. The number of allylic oxidation sites excluding steroid dienone is 1. The van der Waals surface area contributed by atoms with Gasteiger partial charge in [-0.05, 0) is 31.5 Å². The van der Waals surface area contributed by atoms with Gasteiger partial charge in [0, 0.05) is 29.6 Å². The third-order valence-electron chi connectivity index (χ3n) is 6.06. The van der Waals surface area contributed by atoms with Crippen LogP contribution in [0.1, 0.15) is 35.1 Å². The normalized spacial score (nSPS) is 18.9. The molecule has 4 rings (SSSR count). The molecule has 10 heteroatoms. The van der Waals surface area contributed by atoms with Crippen LogP contribution in [0, 0.1) is 18.3 Å². The number of benzene rings is 1. The molecule has 0 radical (unpaired) electrons. The van der Waals surface area contributed by atoms with Crippen molar-refractivity contribution in [3.05, 3.63) is 57.9 Å². The van der Waals surface area contributed by atoms with E-state index in [0.29, 0.717) is 40.3 Å². The van der Waals surface area contributed by atoms with Crippen LogP contribution >= 0.6 is 0 Å². The summed E-state index contributed by atoms with van der Waals surface area (Å²) in [4.78, 5) is 18.6. The van der Waals surface area contributed by atoms with Crippen LogP contribution in [0.2, 0.25) is 0 Å². The number of anilines is 1. The van der Waals surface area contributed by atoms with E-state index in [-0.39, 0.29) is 25.6 Å². The molecule has 34 heavy (non-hydrogen) atoms. The zero-order valence-corrected chi connectivity index (χ0v) is 19.1. The molecule has 1 atom stereocenters. The fourth-order valence-corrected chi connectivity index (χ4v) is 4.47. The molecule has 0 bridgehead atoms. The van der Waals surface area contributed by atoms with Gasteiger partial charge in [-0.1, -0.05) is 6.07 Å². The summed E-state index contributed by atoms with van der Waals surface area (Å²) in [6.45, 7) is 3.50. The maximum Gasteiger partial charge on any atom is 0.272 e. The van der Waals surface area contributed by atoms with Crippen LogP contribution < -0.4 is 20.5 Å². The molecule has 1 saturated heterocycles. The van der Waals surface area contributed by atoms with Crippen molar-refractivity contribution in [3.8, 4) is 17.7 Å². The summed E-state index contributed by atoms with van der Waals surface area (Å²) < 4.78 is 37.8. The number of nitriles is 1. The van der Waals surface area contributed by atoms with E-state index >= 15 is 0 Å². The number of ether oxygens (including phenoxy) is 2. The van der Waals surface area contributed by atoms with Gasteiger partial charge in [0.1, 0.15) is 12.4 Å². The van der Waals surface area contributed by atoms with Crippen molar-refractivity contribution in [2.24, 2.45) is 5.73 Å². The average Bonchev–Trinajstić information content (AvgIpc) is 2.78. The van der Waals surface area contributed by atoms with Gasteiger partial charge < -0.3 is 20.5 Å². The van der Waals surface area contributed by atoms with Crippen molar-refractivity contribution in [2.45, 2.75) is 25.7 Å². The molecule has 3 N–H and O–H groups in total. The van der Waals surface area contributed by atoms with Gasteiger partial charge in [-0.2, -0.15) is 5.26 Å². The fraction of sp³-hybridized carbons (Fsp3) is 0.375. The molecule has 3 heterocycles. The van der Waals surface area contributed by atoms with E-state index in [9.17, 15) is 18.8 Å². The van der Waals surface area contributed by atoms with Crippen molar-refractivity contribution >= 4 is 11.6 Å². The number of nitrogens with two attached hydrogens (primary N) is 1. The van der Waals surface area contributed by atoms with E-state index in [4.69, 9.17) is 15.2 Å². The van der Waals surface area contributed by atoms with Gasteiger partial charge in [0.25, 0.3) is 5.92 Å². The first-order valence-corrected chi connectivity index (χ1v) is 10.7. The Hall–Kier alpha value is -3.71. The molecule has 1 fully saturated rings. The highest BCUT2D eigenvalue weighted by Gasteiger charge is 2.43. The predicted octanol–water partition coefficient (Wildman–Crippen LogP) is 2.92. The molecule has 0 unspecified atom stereocenters. The van der Waals surface area contributed by atoms with Gasteiger partial charge in [-0.3, -0.25) is 9.69 Å². The number of alkyl halides is 2. The van der Waals surface area contributed by atoms with Crippen LogP contribution in [-0.2, 0) is 4.79 Å². The minimum atomic E-state index is -2.65. The van der Waals surface area contributed by atoms with E-state index in [2.05, 4.69) is 16.4 Å². The van der Waals surface area contributed by atoms with Crippen LogP contribution in [0.4, 0.5) is 14.5 Å². The first kappa shape index (κ1) is 23.4. The monoisotopic (exact) mass is 469 g/mol. The number of fused-ring (bicyclic) bond motifs is 1. The first-order valence-electron chi connectivity index (χ1n) is 10.7. The second kappa shape index (κ2) is 8.91. The van der Waals surface area contributed by atoms with Gasteiger partial charge in [0.05, 0.1) is 49.0 Å². The number of carbonyl (C=O) groups is 1. The standard InChI is InChI=1S/C24H25F2N5O3/c1-13-10-29-23(34-7-6-31-11-24(25,26)12-31)20-19(18(22(28)32)14(2)30-21(13)20)16-5-4-15(9-27)8-17(16)33-3/h4-5,8,10,19,30H,6-7,11-12H2,1-3H3,(H2,28,32)/t19-/m0/s1. The molecule has 1 aromatic heterocycles. The predicted molar refractivity (Wildman–Crippen MR) is 121 cm³/mol.